The second-order valence-electron chi connectivity index (χ2n) is 9.01. The van der Waals surface area contributed by atoms with E-state index in [4.69, 9.17) is 0 Å². The number of fused-ring (bicyclic) bond motifs is 8. The standard InChI is InChI=1S/C30H28/c1-19(2)21-13-15-27-24-10-6-8-12-26(24)30-18-22(20(3)4)14-16-28(30)23-9-5-7-11-25(23)29(27)17-21/h5-20H,1-4H3. The van der Waals surface area contributed by atoms with Gasteiger partial charge in [0.2, 0.25) is 0 Å². The van der Waals surface area contributed by atoms with Crippen LogP contribution in [0.4, 0.5) is 0 Å². The van der Waals surface area contributed by atoms with E-state index in [1.807, 2.05) is 0 Å². The van der Waals surface area contributed by atoms with Crippen molar-refractivity contribution in [2.45, 2.75) is 39.5 Å². The van der Waals surface area contributed by atoms with Gasteiger partial charge in [-0.25, -0.2) is 0 Å². The van der Waals surface area contributed by atoms with Crippen LogP contribution in [0.15, 0.2) is 84.9 Å². The molecule has 0 fully saturated rings. The molecule has 0 heterocycles. The molecule has 0 aliphatic heterocycles. The smallest absolute Gasteiger partial charge is 0.00961 e. The predicted molar refractivity (Wildman–Crippen MR) is 130 cm³/mol. The Kier molecular flexibility index (Phi) is 4.59. The Morgan fingerprint density at radius 2 is 0.667 bits per heavy atom. The van der Waals surface area contributed by atoms with Crippen LogP contribution in [0.5, 0.6) is 0 Å². The first-order valence-electron chi connectivity index (χ1n) is 11.0. The van der Waals surface area contributed by atoms with Crippen molar-refractivity contribution in [3.8, 4) is 44.5 Å². The van der Waals surface area contributed by atoms with Gasteiger partial charge in [0.1, 0.15) is 0 Å². The first kappa shape index (κ1) is 18.9. The molecule has 30 heavy (non-hydrogen) atoms. The molecule has 0 spiro atoms. The fraction of sp³-hybridized carbons (Fsp3) is 0.200. The van der Waals surface area contributed by atoms with Gasteiger partial charge in [0.15, 0.2) is 0 Å². The van der Waals surface area contributed by atoms with Gasteiger partial charge in [-0.05, 0) is 67.5 Å². The molecule has 0 amide bonds. The second kappa shape index (κ2) is 7.29. The lowest BCUT2D eigenvalue weighted by atomic mass is 9.79. The van der Waals surface area contributed by atoms with Gasteiger partial charge in [-0.3, -0.25) is 0 Å². The molecule has 0 nitrogen and oxygen atoms in total. The van der Waals surface area contributed by atoms with E-state index in [2.05, 4.69) is 113 Å². The molecular formula is C30H28. The Morgan fingerprint density at radius 3 is 1.00 bits per heavy atom. The molecule has 4 aromatic carbocycles. The van der Waals surface area contributed by atoms with Crippen LogP contribution >= 0.6 is 0 Å². The molecule has 0 unspecified atom stereocenters. The van der Waals surface area contributed by atoms with Crippen molar-refractivity contribution in [1.29, 1.82) is 0 Å². The summed E-state index contributed by atoms with van der Waals surface area (Å²) >= 11 is 0. The van der Waals surface area contributed by atoms with E-state index in [1.165, 1.54) is 55.6 Å². The Morgan fingerprint density at radius 1 is 0.367 bits per heavy atom. The van der Waals surface area contributed by atoms with Crippen LogP contribution in [-0.2, 0) is 0 Å². The highest BCUT2D eigenvalue weighted by Crippen LogP contribution is 2.48. The van der Waals surface area contributed by atoms with Crippen molar-refractivity contribution in [3.05, 3.63) is 96.1 Å². The summed E-state index contributed by atoms with van der Waals surface area (Å²) in [5.74, 6) is 1.01. The summed E-state index contributed by atoms with van der Waals surface area (Å²) in [5, 5.41) is 0. The molecule has 0 saturated carbocycles. The summed E-state index contributed by atoms with van der Waals surface area (Å²) in [5.41, 5.74) is 13.4. The maximum atomic E-state index is 2.41. The van der Waals surface area contributed by atoms with Crippen LogP contribution in [0.2, 0.25) is 0 Å². The monoisotopic (exact) mass is 388 g/mol. The van der Waals surface area contributed by atoms with Crippen LogP contribution in [-0.4, -0.2) is 0 Å². The van der Waals surface area contributed by atoms with E-state index in [1.54, 1.807) is 0 Å². The molecule has 5 rings (SSSR count). The zero-order valence-corrected chi connectivity index (χ0v) is 18.2. The lowest BCUT2D eigenvalue weighted by Crippen LogP contribution is -1.99. The number of benzene rings is 4. The average molecular weight is 389 g/mol. The molecule has 0 heteroatoms. The minimum atomic E-state index is 0.504. The van der Waals surface area contributed by atoms with Crippen LogP contribution in [0.3, 0.4) is 0 Å². The summed E-state index contributed by atoms with van der Waals surface area (Å²) in [4.78, 5) is 0. The minimum absolute atomic E-state index is 0.504. The highest BCUT2D eigenvalue weighted by molar-refractivity contribution is 6.03. The Labute approximate surface area is 180 Å². The lowest BCUT2D eigenvalue weighted by Gasteiger charge is -2.25. The minimum Gasteiger partial charge on any atom is -0.0616 e. The zero-order valence-electron chi connectivity index (χ0n) is 18.2. The maximum absolute atomic E-state index is 2.41. The lowest BCUT2D eigenvalue weighted by molar-refractivity contribution is 0.867. The van der Waals surface area contributed by atoms with Gasteiger partial charge < -0.3 is 0 Å². The van der Waals surface area contributed by atoms with E-state index in [0.29, 0.717) is 11.8 Å². The average Bonchev–Trinajstić information content (AvgIpc) is 2.77. The number of hydrogen-bond acceptors (Lipinski definition) is 0. The molecule has 0 atom stereocenters. The Balaban J connectivity index is 1.93. The third-order valence-corrected chi connectivity index (χ3v) is 6.44. The number of rotatable bonds is 2. The number of hydrogen-bond donors (Lipinski definition) is 0. The molecule has 0 bridgehead atoms. The SMILES string of the molecule is CC(C)c1ccc2c(c1)-c1ccccc1-c1ccc(C(C)C)cc1-c1ccccc1-2. The predicted octanol–water partition coefficient (Wildman–Crippen LogP) is 8.91. The highest BCUT2D eigenvalue weighted by Gasteiger charge is 2.22. The summed E-state index contributed by atoms with van der Waals surface area (Å²) in [6.07, 6.45) is 0. The van der Waals surface area contributed by atoms with Crippen LogP contribution in [0, 0.1) is 0 Å². The summed E-state index contributed by atoms with van der Waals surface area (Å²) in [6.45, 7) is 9.08. The Bertz CT molecular complexity index is 1140. The summed E-state index contributed by atoms with van der Waals surface area (Å²) in [7, 11) is 0. The Hall–Kier alpha value is -3.12. The first-order chi connectivity index (χ1) is 14.5. The van der Waals surface area contributed by atoms with Crippen molar-refractivity contribution in [2.75, 3.05) is 0 Å². The van der Waals surface area contributed by atoms with Crippen molar-refractivity contribution in [3.63, 3.8) is 0 Å². The summed E-state index contributed by atoms with van der Waals surface area (Å²) in [6, 6.07) is 31.9. The van der Waals surface area contributed by atoms with Crippen molar-refractivity contribution in [2.24, 2.45) is 0 Å². The molecule has 4 aromatic rings. The second-order valence-corrected chi connectivity index (χ2v) is 9.01. The fourth-order valence-electron chi connectivity index (χ4n) is 4.66. The van der Waals surface area contributed by atoms with Crippen molar-refractivity contribution in [1.82, 2.24) is 0 Å². The van der Waals surface area contributed by atoms with Crippen molar-refractivity contribution < 1.29 is 0 Å². The molecule has 1 aliphatic rings. The van der Waals surface area contributed by atoms with Gasteiger partial charge in [-0.15, -0.1) is 0 Å². The molecule has 0 saturated heterocycles. The third kappa shape index (κ3) is 2.99. The molecular weight excluding hydrogens is 360 g/mol. The molecule has 148 valence electrons. The van der Waals surface area contributed by atoms with E-state index in [0.717, 1.165) is 0 Å². The zero-order chi connectivity index (χ0) is 20.8. The molecule has 0 aromatic heterocycles. The maximum Gasteiger partial charge on any atom is -0.00961 e. The fourth-order valence-corrected chi connectivity index (χ4v) is 4.66. The van der Waals surface area contributed by atoms with Crippen LogP contribution in [0.1, 0.15) is 50.7 Å². The molecule has 0 radical (unpaired) electrons. The first-order valence-corrected chi connectivity index (χ1v) is 11.0. The largest absolute Gasteiger partial charge is 0.0616 e. The van der Waals surface area contributed by atoms with Gasteiger partial charge in [-0.2, -0.15) is 0 Å². The van der Waals surface area contributed by atoms with Gasteiger partial charge in [0, 0.05) is 0 Å². The van der Waals surface area contributed by atoms with E-state index >= 15 is 0 Å². The van der Waals surface area contributed by atoms with Crippen molar-refractivity contribution >= 4 is 0 Å². The quantitative estimate of drug-likeness (QED) is 0.283. The van der Waals surface area contributed by atoms with E-state index in [-0.39, 0.29) is 0 Å². The van der Waals surface area contributed by atoms with Crippen LogP contribution < -0.4 is 0 Å². The van der Waals surface area contributed by atoms with E-state index < -0.39 is 0 Å². The molecule has 0 N–H and O–H groups in total. The topological polar surface area (TPSA) is 0 Å². The van der Waals surface area contributed by atoms with Gasteiger partial charge >= 0.3 is 0 Å². The van der Waals surface area contributed by atoms with Gasteiger partial charge in [0.05, 0.1) is 0 Å². The normalized spacial score (nSPS) is 11.9. The summed E-state index contributed by atoms with van der Waals surface area (Å²) < 4.78 is 0. The highest BCUT2D eigenvalue weighted by atomic mass is 14.3. The van der Waals surface area contributed by atoms with E-state index in [9.17, 15) is 0 Å². The van der Waals surface area contributed by atoms with Crippen LogP contribution in [0.25, 0.3) is 44.5 Å². The van der Waals surface area contributed by atoms with Gasteiger partial charge in [0.25, 0.3) is 0 Å². The molecule has 1 aliphatic carbocycles. The third-order valence-electron chi connectivity index (χ3n) is 6.44. The van der Waals surface area contributed by atoms with Gasteiger partial charge in [-0.1, -0.05) is 113 Å².